The van der Waals surface area contributed by atoms with Crippen LogP contribution < -0.4 is 14.8 Å². The molecule has 24 heavy (non-hydrogen) atoms. The van der Waals surface area contributed by atoms with Gasteiger partial charge in [0.15, 0.2) is 11.5 Å². The van der Waals surface area contributed by atoms with E-state index in [0.29, 0.717) is 22.3 Å². The zero-order chi connectivity index (χ0) is 17.5. The lowest BCUT2D eigenvalue weighted by atomic mass is 10.0. The molecule has 0 fully saturated rings. The summed E-state index contributed by atoms with van der Waals surface area (Å²) in [6.07, 6.45) is 0. The van der Waals surface area contributed by atoms with E-state index in [1.165, 1.54) is 0 Å². The van der Waals surface area contributed by atoms with E-state index >= 15 is 0 Å². The third-order valence-corrected chi connectivity index (χ3v) is 3.79. The number of hydrogen-bond acceptors (Lipinski definition) is 4. The Balaban J connectivity index is 2.06. The quantitative estimate of drug-likeness (QED) is 0.758. The van der Waals surface area contributed by atoms with Crippen LogP contribution in [0, 0.1) is 5.92 Å². The van der Waals surface area contributed by atoms with Gasteiger partial charge in [0.2, 0.25) is 0 Å². The van der Waals surface area contributed by atoms with Crippen molar-refractivity contribution in [2.75, 3.05) is 13.7 Å². The second-order valence-corrected chi connectivity index (χ2v) is 5.83. The molecule has 128 valence electrons. The van der Waals surface area contributed by atoms with Gasteiger partial charge in [0.25, 0.3) is 0 Å². The minimum absolute atomic E-state index is 0.212. The molecule has 2 rings (SSSR count). The Morgan fingerprint density at radius 1 is 1.17 bits per heavy atom. The normalized spacial score (nSPS) is 13.1. The number of para-hydroxylation sites is 2. The van der Waals surface area contributed by atoms with Gasteiger partial charge < -0.3 is 19.9 Å². The molecule has 0 aromatic heterocycles. The molecule has 0 radical (unpaired) electrons. The van der Waals surface area contributed by atoms with E-state index in [1.54, 1.807) is 43.4 Å². The van der Waals surface area contributed by atoms with Gasteiger partial charge in [-0.25, -0.2) is 0 Å². The van der Waals surface area contributed by atoms with Gasteiger partial charge in [0.1, 0.15) is 11.8 Å². The van der Waals surface area contributed by atoms with Crippen molar-refractivity contribution >= 4 is 17.6 Å². The molecule has 2 atom stereocenters. The van der Waals surface area contributed by atoms with Crippen LogP contribution in [0.3, 0.4) is 0 Å². The fourth-order valence-electron chi connectivity index (χ4n) is 2.25. The maximum atomic E-state index is 11.2. The number of carboxylic acids is 1. The van der Waals surface area contributed by atoms with E-state index in [9.17, 15) is 4.79 Å². The van der Waals surface area contributed by atoms with Gasteiger partial charge in [-0.1, -0.05) is 30.7 Å². The van der Waals surface area contributed by atoms with Crippen molar-refractivity contribution < 1.29 is 19.4 Å². The Morgan fingerprint density at radius 3 is 2.38 bits per heavy atom. The van der Waals surface area contributed by atoms with Crippen LogP contribution in [0.15, 0.2) is 48.5 Å². The van der Waals surface area contributed by atoms with Gasteiger partial charge in [0.05, 0.1) is 6.61 Å². The van der Waals surface area contributed by atoms with Crippen LogP contribution >= 0.6 is 11.6 Å². The Kier molecular flexibility index (Phi) is 6.46. The fraction of sp³-hybridized carbons (Fsp3) is 0.278. The smallest absolute Gasteiger partial charge is 0.321 e. The molecule has 2 N–H and O–H groups in total. The molecular formula is C18H20ClNO4. The number of halogens is 1. The monoisotopic (exact) mass is 349 g/mol. The molecule has 0 aliphatic heterocycles. The van der Waals surface area contributed by atoms with Crippen LogP contribution in [-0.2, 0) is 4.79 Å². The van der Waals surface area contributed by atoms with Crippen LogP contribution in [0.4, 0.5) is 0 Å². The van der Waals surface area contributed by atoms with Crippen molar-refractivity contribution in [3.05, 3.63) is 53.6 Å². The van der Waals surface area contributed by atoms with Crippen molar-refractivity contribution in [2.24, 2.45) is 5.92 Å². The second-order valence-electron chi connectivity index (χ2n) is 5.40. The van der Waals surface area contributed by atoms with E-state index in [-0.39, 0.29) is 12.5 Å². The van der Waals surface area contributed by atoms with Crippen LogP contribution in [0.25, 0.3) is 0 Å². The second kappa shape index (κ2) is 8.57. The summed E-state index contributed by atoms with van der Waals surface area (Å²) in [6.45, 7) is 2.07. The lowest BCUT2D eigenvalue weighted by Crippen LogP contribution is -2.41. The summed E-state index contributed by atoms with van der Waals surface area (Å²) in [7, 11) is 1.62. The van der Waals surface area contributed by atoms with Crippen molar-refractivity contribution in [3.63, 3.8) is 0 Å². The third kappa shape index (κ3) is 4.88. The Hall–Kier alpha value is -2.24. The fourth-order valence-corrected chi connectivity index (χ4v) is 2.38. The molecule has 2 aromatic carbocycles. The summed E-state index contributed by atoms with van der Waals surface area (Å²) in [6, 6.07) is 13.6. The zero-order valence-electron chi connectivity index (χ0n) is 13.5. The molecule has 2 aromatic rings. The van der Waals surface area contributed by atoms with Gasteiger partial charge in [-0.15, -0.1) is 0 Å². The first kappa shape index (κ1) is 18.1. The lowest BCUT2D eigenvalue weighted by molar-refractivity contribution is -0.141. The molecule has 5 nitrogen and oxygen atoms in total. The summed E-state index contributed by atoms with van der Waals surface area (Å²) in [5.74, 6) is 0.639. The zero-order valence-corrected chi connectivity index (χ0v) is 14.3. The first-order chi connectivity index (χ1) is 11.5. The number of rotatable bonds is 8. The number of nitrogens with one attached hydrogen (secondary N) is 1. The van der Waals surface area contributed by atoms with Crippen LogP contribution in [0.5, 0.6) is 17.2 Å². The van der Waals surface area contributed by atoms with Gasteiger partial charge in [-0.05, 0) is 43.4 Å². The van der Waals surface area contributed by atoms with Crippen LogP contribution in [0.1, 0.15) is 6.92 Å². The van der Waals surface area contributed by atoms with Crippen molar-refractivity contribution in [1.29, 1.82) is 0 Å². The Labute approximate surface area is 146 Å². The summed E-state index contributed by atoms with van der Waals surface area (Å²) in [5.41, 5.74) is 0. The molecule has 0 bridgehead atoms. The number of carboxylic acid groups (broad SMARTS) is 1. The topological polar surface area (TPSA) is 67.8 Å². The average molecular weight is 350 g/mol. The molecule has 0 saturated heterocycles. The van der Waals surface area contributed by atoms with E-state index < -0.39 is 12.0 Å². The largest absolute Gasteiger partial charge is 0.489 e. The minimum Gasteiger partial charge on any atom is -0.489 e. The highest BCUT2D eigenvalue weighted by atomic mass is 35.5. The molecule has 6 heteroatoms. The van der Waals surface area contributed by atoms with Gasteiger partial charge >= 0.3 is 5.97 Å². The predicted molar refractivity (Wildman–Crippen MR) is 93.1 cm³/mol. The highest BCUT2D eigenvalue weighted by Gasteiger charge is 2.23. The molecule has 1 unspecified atom stereocenters. The Bertz CT molecular complexity index is 675. The number of aliphatic carboxylic acids is 1. The molecule has 0 aliphatic carbocycles. The Morgan fingerprint density at radius 2 is 1.79 bits per heavy atom. The number of hydrogen-bond donors (Lipinski definition) is 2. The van der Waals surface area contributed by atoms with Crippen molar-refractivity contribution in [1.82, 2.24) is 5.32 Å². The number of ether oxygens (including phenoxy) is 2. The first-order valence-electron chi connectivity index (χ1n) is 7.56. The highest BCUT2D eigenvalue weighted by Crippen LogP contribution is 2.32. The molecule has 0 spiro atoms. The number of likely N-dealkylation sites (N-methyl/N-ethyl adjacent to an activating group) is 1. The average Bonchev–Trinajstić information content (AvgIpc) is 2.56. The van der Waals surface area contributed by atoms with Gasteiger partial charge in [0, 0.05) is 10.9 Å². The van der Waals surface area contributed by atoms with E-state index in [2.05, 4.69) is 5.32 Å². The summed E-state index contributed by atoms with van der Waals surface area (Å²) in [5, 5.41) is 12.6. The maximum Gasteiger partial charge on any atom is 0.321 e. The van der Waals surface area contributed by atoms with E-state index in [0.717, 1.165) is 0 Å². The molecule has 0 heterocycles. The highest BCUT2D eigenvalue weighted by molar-refractivity contribution is 6.30. The minimum atomic E-state index is -0.903. The van der Waals surface area contributed by atoms with Crippen molar-refractivity contribution in [3.8, 4) is 17.2 Å². The van der Waals surface area contributed by atoms with E-state index in [1.807, 2.05) is 19.1 Å². The molecule has 0 aliphatic rings. The first-order valence-corrected chi connectivity index (χ1v) is 7.94. The third-order valence-electron chi connectivity index (χ3n) is 3.54. The van der Waals surface area contributed by atoms with Crippen molar-refractivity contribution in [2.45, 2.75) is 13.0 Å². The number of carbonyl (C=O) groups is 1. The lowest BCUT2D eigenvalue weighted by Gasteiger charge is -2.20. The SMILES string of the molecule is CN[C@H](C(=O)O)C(C)COc1ccccc1Oc1ccc(Cl)cc1. The molecular weight excluding hydrogens is 330 g/mol. The van der Waals surface area contributed by atoms with Crippen LogP contribution in [-0.4, -0.2) is 30.8 Å². The summed E-state index contributed by atoms with van der Waals surface area (Å²) in [4.78, 5) is 11.2. The molecule has 0 amide bonds. The standard InChI is InChI=1S/C18H20ClNO4/c1-12(17(20-2)18(21)22)11-23-15-5-3-4-6-16(15)24-14-9-7-13(19)8-10-14/h3-10,12,17,20H,11H2,1-2H3,(H,21,22)/t12?,17-/m0/s1. The predicted octanol–water partition coefficient (Wildman–Crippen LogP) is 3.82. The van der Waals surface area contributed by atoms with Gasteiger partial charge in [-0.2, -0.15) is 0 Å². The maximum absolute atomic E-state index is 11.2. The van der Waals surface area contributed by atoms with Crippen LogP contribution in [0.2, 0.25) is 5.02 Å². The summed E-state index contributed by atoms with van der Waals surface area (Å²) >= 11 is 5.87. The summed E-state index contributed by atoms with van der Waals surface area (Å²) < 4.78 is 11.6. The molecule has 0 saturated carbocycles. The van der Waals surface area contributed by atoms with Gasteiger partial charge in [-0.3, -0.25) is 4.79 Å². The van der Waals surface area contributed by atoms with E-state index in [4.69, 9.17) is 26.2 Å². The number of benzene rings is 2.